The van der Waals surface area contributed by atoms with E-state index >= 15 is 0 Å². The third-order valence-corrected chi connectivity index (χ3v) is 3.67. The highest BCUT2D eigenvalue weighted by atomic mass is 16.5. The van der Waals surface area contributed by atoms with Crippen LogP contribution in [0.4, 0.5) is 5.69 Å². The Morgan fingerprint density at radius 2 is 2.05 bits per heavy atom. The van der Waals surface area contributed by atoms with E-state index in [2.05, 4.69) is 10.2 Å². The monoisotopic (exact) mass is 291 g/mol. The smallest absolute Gasteiger partial charge is 0.258 e. The number of carbonyl (C=O) groups excluding carboxylic acids is 1. The average Bonchev–Trinajstić information content (AvgIpc) is 2.47. The summed E-state index contributed by atoms with van der Waals surface area (Å²) in [6, 6.07) is 7.32. The Bertz CT molecular complexity index is 459. The van der Waals surface area contributed by atoms with Gasteiger partial charge in [-0.05, 0) is 45.0 Å². The number of para-hydroxylation sites is 2. The fraction of sp³-hybridized carbons (Fsp3) is 0.562. The zero-order chi connectivity index (χ0) is 15.1. The summed E-state index contributed by atoms with van der Waals surface area (Å²) in [6.07, 6.45) is 3.84. The number of hydrogen-bond donors (Lipinski definition) is 2. The van der Waals surface area contributed by atoms with Crippen LogP contribution in [0.3, 0.4) is 0 Å². The molecule has 1 amide bonds. The van der Waals surface area contributed by atoms with Gasteiger partial charge in [-0.2, -0.15) is 0 Å². The molecule has 0 aliphatic carbocycles. The number of piperidine rings is 1. The van der Waals surface area contributed by atoms with Crippen LogP contribution in [0.5, 0.6) is 5.75 Å². The van der Waals surface area contributed by atoms with Gasteiger partial charge in [0.15, 0.2) is 6.61 Å². The largest absolute Gasteiger partial charge is 0.482 e. The van der Waals surface area contributed by atoms with E-state index in [-0.39, 0.29) is 18.6 Å². The Labute approximate surface area is 126 Å². The highest BCUT2D eigenvalue weighted by Gasteiger charge is 2.15. The number of likely N-dealkylation sites (tertiary alicyclic amines) is 1. The minimum absolute atomic E-state index is 0.00144. The SMILES string of the molecule is CC(CN1CCCCC1)NC(=O)COc1ccccc1N. The number of ether oxygens (including phenoxy) is 1. The van der Waals surface area contributed by atoms with Crippen molar-refractivity contribution in [3.8, 4) is 5.75 Å². The molecular formula is C16H25N3O2. The van der Waals surface area contributed by atoms with Crippen LogP contribution in [-0.4, -0.2) is 43.1 Å². The molecule has 0 bridgehead atoms. The molecule has 1 aliphatic heterocycles. The van der Waals surface area contributed by atoms with Gasteiger partial charge in [-0.3, -0.25) is 4.79 Å². The molecule has 3 N–H and O–H groups in total. The number of benzene rings is 1. The third-order valence-electron chi connectivity index (χ3n) is 3.67. The highest BCUT2D eigenvalue weighted by molar-refractivity contribution is 5.78. The van der Waals surface area contributed by atoms with E-state index in [1.54, 1.807) is 12.1 Å². The van der Waals surface area contributed by atoms with Crippen molar-refractivity contribution < 1.29 is 9.53 Å². The molecule has 0 radical (unpaired) electrons. The van der Waals surface area contributed by atoms with Crippen LogP contribution in [0.1, 0.15) is 26.2 Å². The van der Waals surface area contributed by atoms with Gasteiger partial charge >= 0.3 is 0 Å². The van der Waals surface area contributed by atoms with Gasteiger partial charge in [-0.25, -0.2) is 0 Å². The number of nitrogen functional groups attached to an aromatic ring is 1. The molecule has 5 nitrogen and oxygen atoms in total. The van der Waals surface area contributed by atoms with Crippen molar-refractivity contribution in [1.82, 2.24) is 10.2 Å². The van der Waals surface area contributed by atoms with Gasteiger partial charge in [-0.15, -0.1) is 0 Å². The fourth-order valence-electron chi connectivity index (χ4n) is 2.65. The summed E-state index contributed by atoms with van der Waals surface area (Å²) in [5, 5.41) is 2.97. The molecular weight excluding hydrogens is 266 g/mol. The van der Waals surface area contributed by atoms with Crippen molar-refractivity contribution in [2.45, 2.75) is 32.2 Å². The molecule has 1 aromatic rings. The number of rotatable bonds is 6. The minimum Gasteiger partial charge on any atom is -0.482 e. The van der Waals surface area contributed by atoms with Gasteiger partial charge in [0.25, 0.3) is 5.91 Å². The number of nitrogens with two attached hydrogens (primary N) is 1. The van der Waals surface area contributed by atoms with Crippen molar-refractivity contribution in [3.63, 3.8) is 0 Å². The molecule has 1 heterocycles. The predicted molar refractivity (Wildman–Crippen MR) is 84.2 cm³/mol. The molecule has 1 fully saturated rings. The minimum atomic E-state index is -0.109. The molecule has 1 atom stereocenters. The number of carbonyl (C=O) groups is 1. The zero-order valence-corrected chi connectivity index (χ0v) is 12.7. The number of amides is 1. The molecule has 5 heteroatoms. The second kappa shape index (κ2) is 7.88. The summed E-state index contributed by atoms with van der Waals surface area (Å²) in [5.74, 6) is 0.444. The van der Waals surface area contributed by atoms with Crippen molar-refractivity contribution in [1.29, 1.82) is 0 Å². The molecule has 2 rings (SSSR count). The first-order valence-corrected chi connectivity index (χ1v) is 7.64. The Morgan fingerprint density at radius 1 is 1.33 bits per heavy atom. The second-order valence-electron chi connectivity index (χ2n) is 5.66. The lowest BCUT2D eigenvalue weighted by molar-refractivity contribution is -0.123. The summed E-state index contributed by atoms with van der Waals surface area (Å²) < 4.78 is 5.44. The van der Waals surface area contributed by atoms with Gasteiger partial charge in [0.05, 0.1) is 5.69 Å². The van der Waals surface area contributed by atoms with Crippen LogP contribution in [0.15, 0.2) is 24.3 Å². The van der Waals surface area contributed by atoms with Crippen LogP contribution in [0.25, 0.3) is 0 Å². The second-order valence-corrected chi connectivity index (χ2v) is 5.66. The summed E-state index contributed by atoms with van der Waals surface area (Å²) in [7, 11) is 0. The van der Waals surface area contributed by atoms with E-state index < -0.39 is 0 Å². The van der Waals surface area contributed by atoms with E-state index in [9.17, 15) is 4.79 Å². The first-order chi connectivity index (χ1) is 10.1. The molecule has 1 aromatic carbocycles. The van der Waals surface area contributed by atoms with Crippen LogP contribution < -0.4 is 15.8 Å². The lowest BCUT2D eigenvalue weighted by atomic mass is 10.1. The average molecular weight is 291 g/mol. The van der Waals surface area contributed by atoms with Crippen LogP contribution in [-0.2, 0) is 4.79 Å². The number of hydrogen-bond acceptors (Lipinski definition) is 4. The molecule has 0 saturated carbocycles. The maximum atomic E-state index is 11.9. The highest BCUT2D eigenvalue weighted by Crippen LogP contribution is 2.19. The maximum Gasteiger partial charge on any atom is 0.258 e. The first kappa shape index (κ1) is 15.6. The Morgan fingerprint density at radius 3 is 2.76 bits per heavy atom. The quantitative estimate of drug-likeness (QED) is 0.782. The molecule has 116 valence electrons. The van der Waals surface area contributed by atoms with E-state index in [1.807, 2.05) is 19.1 Å². The lowest BCUT2D eigenvalue weighted by Gasteiger charge is -2.29. The van der Waals surface area contributed by atoms with Gasteiger partial charge in [0.1, 0.15) is 5.75 Å². The molecule has 1 saturated heterocycles. The van der Waals surface area contributed by atoms with Gasteiger partial charge in [0.2, 0.25) is 0 Å². The van der Waals surface area contributed by atoms with Gasteiger partial charge in [-0.1, -0.05) is 18.6 Å². The topological polar surface area (TPSA) is 67.6 Å². The number of nitrogens with zero attached hydrogens (tertiary/aromatic N) is 1. The van der Waals surface area contributed by atoms with Gasteiger partial charge < -0.3 is 20.7 Å². The maximum absolute atomic E-state index is 11.9. The van der Waals surface area contributed by atoms with E-state index in [1.165, 1.54) is 19.3 Å². The molecule has 1 unspecified atom stereocenters. The Balaban J connectivity index is 1.70. The van der Waals surface area contributed by atoms with E-state index in [0.29, 0.717) is 11.4 Å². The zero-order valence-electron chi connectivity index (χ0n) is 12.7. The van der Waals surface area contributed by atoms with Crippen LogP contribution in [0, 0.1) is 0 Å². The van der Waals surface area contributed by atoms with E-state index in [4.69, 9.17) is 10.5 Å². The Kier molecular flexibility index (Phi) is 5.87. The molecule has 1 aliphatic rings. The van der Waals surface area contributed by atoms with Crippen molar-refractivity contribution in [2.24, 2.45) is 0 Å². The van der Waals surface area contributed by atoms with Crippen LogP contribution in [0.2, 0.25) is 0 Å². The summed E-state index contributed by atoms with van der Waals surface area (Å²) in [4.78, 5) is 14.3. The molecule has 0 spiro atoms. The third kappa shape index (κ3) is 5.27. The van der Waals surface area contributed by atoms with Crippen LogP contribution >= 0.6 is 0 Å². The molecule has 21 heavy (non-hydrogen) atoms. The number of anilines is 1. The van der Waals surface area contributed by atoms with Crippen molar-refractivity contribution >= 4 is 11.6 Å². The molecule has 0 aromatic heterocycles. The first-order valence-electron chi connectivity index (χ1n) is 7.64. The van der Waals surface area contributed by atoms with Gasteiger partial charge in [0, 0.05) is 12.6 Å². The summed E-state index contributed by atoms with van der Waals surface area (Å²) in [5.41, 5.74) is 6.32. The fourth-order valence-corrected chi connectivity index (χ4v) is 2.65. The summed E-state index contributed by atoms with van der Waals surface area (Å²) >= 11 is 0. The normalized spacial score (nSPS) is 17.2. The predicted octanol–water partition coefficient (Wildman–Crippen LogP) is 1.64. The summed E-state index contributed by atoms with van der Waals surface area (Å²) in [6.45, 7) is 5.20. The standard InChI is InChI=1S/C16H25N3O2/c1-13(11-19-9-5-2-6-10-19)18-16(20)12-21-15-8-4-3-7-14(15)17/h3-4,7-8,13H,2,5-6,9-12,17H2,1H3,(H,18,20). The Hall–Kier alpha value is -1.75. The van der Waals surface area contributed by atoms with Crippen molar-refractivity contribution in [2.75, 3.05) is 32.0 Å². The lowest BCUT2D eigenvalue weighted by Crippen LogP contribution is -2.45. The van der Waals surface area contributed by atoms with Crippen molar-refractivity contribution in [3.05, 3.63) is 24.3 Å². The number of nitrogens with one attached hydrogen (secondary N) is 1. The van der Waals surface area contributed by atoms with E-state index in [0.717, 1.165) is 19.6 Å².